The first kappa shape index (κ1) is 16.1. The summed E-state index contributed by atoms with van der Waals surface area (Å²) in [5, 5.41) is -0.297. The molecule has 2 aromatic carbocycles. The van der Waals surface area contributed by atoms with Gasteiger partial charge in [-0.2, -0.15) is 0 Å². The maximum absolute atomic E-state index is 13.7. The van der Waals surface area contributed by atoms with E-state index in [0.717, 1.165) is 5.56 Å². The van der Waals surface area contributed by atoms with Crippen molar-refractivity contribution in [1.29, 1.82) is 0 Å². The zero-order valence-corrected chi connectivity index (χ0v) is 13.4. The Morgan fingerprint density at radius 1 is 1.17 bits per heavy atom. The lowest BCUT2D eigenvalue weighted by molar-refractivity contribution is -0.0171. The van der Waals surface area contributed by atoms with Crippen LogP contribution < -0.4 is 4.74 Å². The predicted octanol–water partition coefficient (Wildman–Crippen LogP) is 3.84. The summed E-state index contributed by atoms with van der Waals surface area (Å²) >= 11 is 0. The Morgan fingerprint density at radius 3 is 2.65 bits per heavy atom. The molecule has 1 aliphatic rings. The largest absolute Gasteiger partial charge is 0.467 e. The van der Waals surface area contributed by atoms with E-state index in [9.17, 15) is 13.0 Å². The minimum Gasteiger partial charge on any atom is -0.467 e. The molecule has 0 aliphatic carbocycles. The van der Waals surface area contributed by atoms with Gasteiger partial charge >= 0.3 is 0 Å². The van der Waals surface area contributed by atoms with E-state index in [-0.39, 0.29) is 30.2 Å². The number of hydrogen-bond acceptors (Lipinski definition) is 3. The number of rotatable bonds is 4. The van der Waals surface area contributed by atoms with Crippen molar-refractivity contribution in [3.8, 4) is 5.75 Å². The quantitative estimate of drug-likeness (QED) is 0.850. The van der Waals surface area contributed by atoms with Crippen molar-refractivity contribution in [2.24, 2.45) is 0 Å². The number of benzene rings is 2. The Bertz CT molecular complexity index is 731. The third-order valence-electron chi connectivity index (χ3n) is 3.78. The highest BCUT2D eigenvalue weighted by atomic mass is 32.2. The monoisotopic (exact) mass is 338 g/mol. The van der Waals surface area contributed by atoms with Crippen molar-refractivity contribution < 1.29 is 22.5 Å². The van der Waals surface area contributed by atoms with Gasteiger partial charge in [0, 0.05) is 21.9 Å². The van der Waals surface area contributed by atoms with Gasteiger partial charge in [-0.15, -0.1) is 0 Å². The summed E-state index contributed by atoms with van der Waals surface area (Å²) in [6, 6.07) is 8.62. The highest BCUT2D eigenvalue weighted by molar-refractivity contribution is 7.84. The summed E-state index contributed by atoms with van der Waals surface area (Å²) in [7, 11) is -1.29. The van der Waals surface area contributed by atoms with Crippen LogP contribution in [-0.4, -0.2) is 11.0 Å². The molecule has 3 nitrogen and oxygen atoms in total. The maximum atomic E-state index is 13.7. The lowest BCUT2D eigenvalue weighted by atomic mass is 10.1. The fraction of sp³-hybridized carbons (Fsp3) is 0.294. The van der Waals surface area contributed by atoms with Crippen LogP contribution in [0.25, 0.3) is 0 Å². The summed E-state index contributed by atoms with van der Waals surface area (Å²) < 4.78 is 49.9. The van der Waals surface area contributed by atoms with Gasteiger partial charge < -0.3 is 9.47 Å². The van der Waals surface area contributed by atoms with Gasteiger partial charge in [-0.25, -0.2) is 8.78 Å². The Labute approximate surface area is 135 Å². The zero-order chi connectivity index (χ0) is 16.4. The molecule has 122 valence electrons. The van der Waals surface area contributed by atoms with Gasteiger partial charge in [0.05, 0.1) is 17.6 Å². The van der Waals surface area contributed by atoms with Gasteiger partial charge in [-0.3, -0.25) is 4.21 Å². The molecule has 0 fully saturated rings. The predicted molar refractivity (Wildman–Crippen MR) is 83.3 cm³/mol. The average molecular weight is 338 g/mol. The molecule has 1 heterocycles. The minimum atomic E-state index is -1.29. The molecule has 6 heteroatoms. The zero-order valence-electron chi connectivity index (χ0n) is 12.6. The summed E-state index contributed by atoms with van der Waals surface area (Å²) in [4.78, 5) is 0. The van der Waals surface area contributed by atoms with E-state index in [0.29, 0.717) is 16.9 Å². The van der Waals surface area contributed by atoms with E-state index < -0.39 is 16.6 Å². The van der Waals surface area contributed by atoms with Crippen molar-refractivity contribution in [1.82, 2.24) is 0 Å². The first-order valence-corrected chi connectivity index (χ1v) is 8.57. The van der Waals surface area contributed by atoms with Crippen LogP contribution in [0, 0.1) is 11.6 Å². The highest BCUT2D eigenvalue weighted by Gasteiger charge is 2.21. The van der Waals surface area contributed by atoms with E-state index in [2.05, 4.69) is 0 Å². The van der Waals surface area contributed by atoms with Crippen LogP contribution in [0.1, 0.15) is 28.9 Å². The Hall–Kier alpha value is -1.79. The fourth-order valence-corrected chi connectivity index (χ4v) is 3.76. The van der Waals surface area contributed by atoms with E-state index in [1.165, 1.54) is 24.3 Å². The molecule has 0 unspecified atom stereocenters. The Morgan fingerprint density at radius 2 is 1.91 bits per heavy atom. The van der Waals surface area contributed by atoms with Crippen LogP contribution in [0.15, 0.2) is 36.4 Å². The summed E-state index contributed by atoms with van der Waals surface area (Å²) in [6.45, 7) is 2.19. The van der Waals surface area contributed by atoms with Gasteiger partial charge in [0.15, 0.2) is 6.79 Å². The van der Waals surface area contributed by atoms with Gasteiger partial charge in [-0.1, -0.05) is 12.1 Å². The van der Waals surface area contributed by atoms with Crippen LogP contribution >= 0.6 is 0 Å². The SMILES string of the molecule is C[C@@H](c1ccc(F)cc1)[S@](=O)Cc1cc(F)cc2c1OCOC2. The number of hydrogen-bond donors (Lipinski definition) is 0. The Kier molecular flexibility index (Phi) is 4.73. The summed E-state index contributed by atoms with van der Waals surface area (Å²) in [6.07, 6.45) is 0. The molecule has 2 aromatic rings. The molecule has 0 bridgehead atoms. The minimum absolute atomic E-state index is 0.103. The smallest absolute Gasteiger partial charge is 0.189 e. The van der Waals surface area contributed by atoms with Gasteiger partial charge in [0.25, 0.3) is 0 Å². The van der Waals surface area contributed by atoms with Crippen LogP contribution in [0.4, 0.5) is 8.78 Å². The standard InChI is InChI=1S/C17H16F2O3S/c1-11(12-2-4-15(18)5-3-12)23(20)9-14-7-16(19)6-13-8-21-10-22-17(13)14/h2-7,11H,8-10H2,1H3/t11-,23+/m0/s1. The van der Waals surface area contributed by atoms with E-state index in [1.807, 2.05) is 0 Å². The second-order valence-electron chi connectivity index (χ2n) is 5.38. The van der Waals surface area contributed by atoms with Crippen molar-refractivity contribution >= 4 is 10.8 Å². The van der Waals surface area contributed by atoms with E-state index in [4.69, 9.17) is 9.47 Å². The first-order chi connectivity index (χ1) is 11.0. The normalized spacial score (nSPS) is 16.3. The van der Waals surface area contributed by atoms with E-state index >= 15 is 0 Å². The van der Waals surface area contributed by atoms with E-state index in [1.54, 1.807) is 19.1 Å². The fourth-order valence-electron chi connectivity index (χ4n) is 2.53. The van der Waals surface area contributed by atoms with Crippen LogP contribution in [0.5, 0.6) is 5.75 Å². The topological polar surface area (TPSA) is 35.5 Å². The van der Waals surface area contributed by atoms with Crippen LogP contribution in [0.3, 0.4) is 0 Å². The molecule has 0 saturated heterocycles. The number of fused-ring (bicyclic) bond motifs is 1. The number of ether oxygens (including phenoxy) is 2. The molecule has 0 aromatic heterocycles. The lowest BCUT2D eigenvalue weighted by Crippen LogP contribution is -2.15. The van der Waals surface area contributed by atoms with Crippen molar-refractivity contribution in [2.75, 3.05) is 6.79 Å². The molecular formula is C17H16F2O3S. The second-order valence-corrected chi connectivity index (χ2v) is 7.14. The molecule has 23 heavy (non-hydrogen) atoms. The molecule has 0 saturated carbocycles. The van der Waals surface area contributed by atoms with Gasteiger partial charge in [0.1, 0.15) is 17.4 Å². The molecule has 0 amide bonds. The van der Waals surface area contributed by atoms with Gasteiger partial charge in [0.2, 0.25) is 0 Å². The molecule has 2 atom stereocenters. The molecule has 0 spiro atoms. The second kappa shape index (κ2) is 6.76. The summed E-state index contributed by atoms with van der Waals surface area (Å²) in [5.74, 6) is -0.0190. The average Bonchev–Trinajstić information content (AvgIpc) is 2.54. The third kappa shape index (κ3) is 3.59. The van der Waals surface area contributed by atoms with Gasteiger partial charge in [-0.05, 0) is 36.8 Å². The number of halogens is 2. The summed E-state index contributed by atoms with van der Waals surface area (Å²) in [5.41, 5.74) is 1.97. The molecule has 1 aliphatic heterocycles. The highest BCUT2D eigenvalue weighted by Crippen LogP contribution is 2.32. The lowest BCUT2D eigenvalue weighted by Gasteiger charge is -2.21. The van der Waals surface area contributed by atoms with Crippen LogP contribution in [0.2, 0.25) is 0 Å². The van der Waals surface area contributed by atoms with Crippen molar-refractivity contribution in [3.05, 3.63) is 64.7 Å². The molecule has 3 rings (SSSR count). The molecule has 0 N–H and O–H groups in total. The third-order valence-corrected chi connectivity index (χ3v) is 5.44. The van der Waals surface area contributed by atoms with Crippen molar-refractivity contribution in [2.45, 2.75) is 24.5 Å². The molecule has 0 radical (unpaired) electrons. The maximum Gasteiger partial charge on any atom is 0.189 e. The van der Waals surface area contributed by atoms with Crippen molar-refractivity contribution in [3.63, 3.8) is 0 Å². The Balaban J connectivity index is 1.82. The molecular weight excluding hydrogens is 322 g/mol. The van der Waals surface area contributed by atoms with Crippen LogP contribution in [-0.2, 0) is 27.9 Å². The first-order valence-electron chi connectivity index (χ1n) is 7.19.